The molecule has 0 aliphatic rings. The monoisotopic (exact) mass is 591 g/mol. The summed E-state index contributed by atoms with van der Waals surface area (Å²) in [6.07, 6.45) is 1.37. The van der Waals surface area contributed by atoms with E-state index in [4.69, 9.17) is 0 Å². The third-order valence-electron chi connectivity index (χ3n) is 6.94. The molecule has 0 saturated heterocycles. The van der Waals surface area contributed by atoms with Crippen LogP contribution in [0.4, 0.5) is 5.69 Å². The van der Waals surface area contributed by atoms with Crippen molar-refractivity contribution < 1.29 is 18.0 Å². The molecule has 0 bridgehead atoms. The summed E-state index contributed by atoms with van der Waals surface area (Å²) in [6.45, 7) is 13.6. The molecule has 0 aliphatic heterocycles. The molecule has 0 heterocycles. The van der Waals surface area contributed by atoms with Gasteiger partial charge in [0.1, 0.15) is 12.6 Å². The van der Waals surface area contributed by atoms with E-state index in [1.165, 1.54) is 4.90 Å². The molecular weight excluding hydrogens is 546 g/mol. The zero-order valence-electron chi connectivity index (χ0n) is 26.1. The maximum atomic E-state index is 14.2. The Kier molecular flexibility index (Phi) is 10.3. The van der Waals surface area contributed by atoms with E-state index in [1.807, 2.05) is 94.4 Å². The number of nitrogens with zero attached hydrogens (tertiary/aromatic N) is 2. The number of carbonyl (C=O) groups is 2. The van der Waals surface area contributed by atoms with Crippen LogP contribution in [0.15, 0.2) is 78.9 Å². The molecule has 3 aromatic carbocycles. The van der Waals surface area contributed by atoms with E-state index in [0.29, 0.717) is 5.69 Å². The van der Waals surface area contributed by atoms with Crippen LogP contribution < -0.4 is 9.62 Å². The van der Waals surface area contributed by atoms with Gasteiger partial charge in [-0.25, -0.2) is 8.42 Å². The number of nitrogens with one attached hydrogen (secondary N) is 1. The quantitative estimate of drug-likeness (QED) is 0.332. The number of sulfonamides is 1. The van der Waals surface area contributed by atoms with Gasteiger partial charge in [0, 0.05) is 18.5 Å². The van der Waals surface area contributed by atoms with Crippen LogP contribution in [-0.2, 0) is 38.0 Å². The van der Waals surface area contributed by atoms with Crippen LogP contribution >= 0.6 is 0 Å². The smallest absolute Gasteiger partial charge is 0.244 e. The van der Waals surface area contributed by atoms with Crippen molar-refractivity contribution in [2.45, 2.75) is 78.4 Å². The second-order valence-corrected chi connectivity index (χ2v) is 14.9. The largest absolute Gasteiger partial charge is 0.350 e. The highest BCUT2D eigenvalue weighted by Gasteiger charge is 2.34. The van der Waals surface area contributed by atoms with Gasteiger partial charge in [-0.05, 0) is 61.9 Å². The van der Waals surface area contributed by atoms with Crippen LogP contribution in [0.2, 0.25) is 0 Å². The Morgan fingerprint density at radius 3 is 1.88 bits per heavy atom. The molecular formula is C34H45N3O4S. The summed E-state index contributed by atoms with van der Waals surface area (Å²) in [5.41, 5.74) is 3.62. The van der Waals surface area contributed by atoms with Gasteiger partial charge in [-0.3, -0.25) is 13.9 Å². The van der Waals surface area contributed by atoms with Gasteiger partial charge in [-0.1, -0.05) is 93.1 Å². The first-order valence-corrected chi connectivity index (χ1v) is 16.1. The Morgan fingerprint density at radius 1 is 0.810 bits per heavy atom. The van der Waals surface area contributed by atoms with Crippen molar-refractivity contribution in [1.82, 2.24) is 10.2 Å². The first-order chi connectivity index (χ1) is 19.4. The maximum Gasteiger partial charge on any atom is 0.244 e. The van der Waals surface area contributed by atoms with Gasteiger partial charge in [0.25, 0.3) is 0 Å². The molecule has 7 nitrogen and oxygen atoms in total. The number of amides is 2. The zero-order valence-corrected chi connectivity index (χ0v) is 27.0. The van der Waals surface area contributed by atoms with Crippen LogP contribution in [0.5, 0.6) is 0 Å². The second-order valence-electron chi connectivity index (χ2n) is 13.0. The first kappa shape index (κ1) is 32.9. The molecule has 1 unspecified atom stereocenters. The van der Waals surface area contributed by atoms with Crippen LogP contribution in [0.3, 0.4) is 0 Å². The average Bonchev–Trinajstić information content (AvgIpc) is 2.88. The van der Waals surface area contributed by atoms with Gasteiger partial charge >= 0.3 is 0 Å². The maximum absolute atomic E-state index is 14.2. The minimum atomic E-state index is -3.82. The molecule has 0 saturated carbocycles. The van der Waals surface area contributed by atoms with E-state index in [9.17, 15) is 18.0 Å². The third kappa shape index (κ3) is 9.44. The minimum Gasteiger partial charge on any atom is -0.350 e. The molecule has 42 heavy (non-hydrogen) atoms. The molecule has 0 radical (unpaired) electrons. The average molecular weight is 592 g/mol. The van der Waals surface area contributed by atoms with Crippen molar-refractivity contribution in [3.8, 4) is 0 Å². The van der Waals surface area contributed by atoms with E-state index >= 15 is 0 Å². The van der Waals surface area contributed by atoms with Crippen molar-refractivity contribution in [3.05, 3.63) is 101 Å². The number of aryl methyl sites for hydroxylation is 1. The minimum absolute atomic E-state index is 0.111. The lowest BCUT2D eigenvalue weighted by Crippen LogP contribution is -2.56. The molecule has 1 N–H and O–H groups in total. The van der Waals surface area contributed by atoms with E-state index in [-0.39, 0.29) is 24.3 Å². The van der Waals surface area contributed by atoms with Gasteiger partial charge in [-0.15, -0.1) is 0 Å². The van der Waals surface area contributed by atoms with E-state index in [2.05, 4.69) is 26.1 Å². The summed E-state index contributed by atoms with van der Waals surface area (Å²) < 4.78 is 27.2. The Labute approximate surface area is 252 Å². The molecule has 0 aliphatic carbocycles. The van der Waals surface area contributed by atoms with Crippen LogP contribution in [0, 0.1) is 6.92 Å². The van der Waals surface area contributed by atoms with E-state index in [0.717, 1.165) is 32.8 Å². The summed E-state index contributed by atoms with van der Waals surface area (Å²) in [6, 6.07) is 23.7. The second kappa shape index (κ2) is 13.1. The predicted molar refractivity (Wildman–Crippen MR) is 171 cm³/mol. The lowest BCUT2D eigenvalue weighted by Gasteiger charge is -2.35. The summed E-state index contributed by atoms with van der Waals surface area (Å²) in [4.78, 5) is 29.5. The van der Waals surface area contributed by atoms with Gasteiger partial charge in [-0.2, -0.15) is 0 Å². The number of carbonyl (C=O) groups excluding carboxylic acids is 2. The Hall–Kier alpha value is -3.65. The standard InChI is InChI=1S/C34H45N3O4S/c1-25-14-16-27(17-15-25)23-36(30(32(39)35-34(5,6)7)22-26-12-10-9-11-13-26)31(38)24-37(42(8,40)41)29-20-18-28(19-21-29)33(2,3)4/h9-21,30H,22-24H2,1-8H3,(H,35,39). The van der Waals surface area contributed by atoms with Crippen molar-refractivity contribution >= 4 is 27.5 Å². The van der Waals surface area contributed by atoms with E-state index < -0.39 is 34.1 Å². The van der Waals surface area contributed by atoms with Gasteiger partial charge in [0.05, 0.1) is 11.9 Å². The Bertz CT molecular complexity index is 1450. The predicted octanol–water partition coefficient (Wildman–Crippen LogP) is 5.61. The summed E-state index contributed by atoms with van der Waals surface area (Å²) in [5.74, 6) is -0.766. The van der Waals surface area contributed by atoms with E-state index in [1.54, 1.807) is 12.1 Å². The Balaban J connectivity index is 2.06. The van der Waals surface area contributed by atoms with Gasteiger partial charge in [0.2, 0.25) is 21.8 Å². The number of rotatable bonds is 10. The van der Waals surface area contributed by atoms with Crippen molar-refractivity contribution in [1.29, 1.82) is 0 Å². The highest BCUT2D eigenvalue weighted by atomic mass is 32.2. The molecule has 0 aromatic heterocycles. The highest BCUT2D eigenvalue weighted by Crippen LogP contribution is 2.26. The molecule has 8 heteroatoms. The van der Waals surface area contributed by atoms with Gasteiger partial charge in [0.15, 0.2) is 0 Å². The highest BCUT2D eigenvalue weighted by molar-refractivity contribution is 7.92. The normalized spacial score (nSPS) is 12.9. The molecule has 2 amide bonds. The summed E-state index contributed by atoms with van der Waals surface area (Å²) in [5, 5.41) is 3.04. The van der Waals surface area contributed by atoms with Crippen molar-refractivity contribution in [3.63, 3.8) is 0 Å². The fourth-order valence-corrected chi connectivity index (χ4v) is 5.49. The molecule has 3 aromatic rings. The topological polar surface area (TPSA) is 86.8 Å². The van der Waals surface area contributed by atoms with Gasteiger partial charge < -0.3 is 10.2 Å². The molecule has 0 fully saturated rings. The lowest BCUT2D eigenvalue weighted by molar-refractivity contribution is -0.140. The van der Waals surface area contributed by atoms with Crippen LogP contribution in [-0.4, -0.2) is 49.5 Å². The van der Waals surface area contributed by atoms with Crippen LogP contribution in [0.25, 0.3) is 0 Å². The van der Waals surface area contributed by atoms with Crippen molar-refractivity contribution in [2.75, 3.05) is 17.1 Å². The molecule has 3 rings (SSSR count). The first-order valence-electron chi connectivity index (χ1n) is 14.2. The fraction of sp³-hybridized carbons (Fsp3) is 0.412. The fourth-order valence-electron chi connectivity index (χ4n) is 4.64. The number of anilines is 1. The zero-order chi connectivity index (χ0) is 31.3. The third-order valence-corrected chi connectivity index (χ3v) is 8.08. The number of hydrogen-bond donors (Lipinski definition) is 1. The number of hydrogen-bond acceptors (Lipinski definition) is 4. The number of benzene rings is 3. The molecule has 226 valence electrons. The van der Waals surface area contributed by atoms with Crippen molar-refractivity contribution in [2.24, 2.45) is 0 Å². The van der Waals surface area contributed by atoms with Crippen LogP contribution in [0.1, 0.15) is 63.8 Å². The lowest BCUT2D eigenvalue weighted by atomic mass is 9.87. The molecule has 0 spiro atoms. The Morgan fingerprint density at radius 2 is 1.38 bits per heavy atom. The summed E-state index contributed by atoms with van der Waals surface area (Å²) in [7, 11) is -3.82. The summed E-state index contributed by atoms with van der Waals surface area (Å²) >= 11 is 0. The SMILES string of the molecule is Cc1ccc(CN(C(=O)CN(c2ccc(C(C)(C)C)cc2)S(C)(=O)=O)C(Cc2ccccc2)C(=O)NC(C)(C)C)cc1. The molecule has 1 atom stereocenters.